The van der Waals surface area contributed by atoms with E-state index >= 15 is 0 Å². The topological polar surface area (TPSA) is 82.0 Å². The molecule has 0 radical (unpaired) electrons. The van der Waals surface area contributed by atoms with Crippen LogP contribution in [-0.2, 0) is 5.75 Å². The quantitative estimate of drug-likeness (QED) is 0.655. The number of aliphatic hydroxyl groups excluding tert-OH is 1. The molecule has 6 nitrogen and oxygen atoms in total. The maximum Gasteiger partial charge on any atom is 0.283 e. The van der Waals surface area contributed by atoms with E-state index in [0.29, 0.717) is 38.2 Å². The van der Waals surface area contributed by atoms with Crippen LogP contribution in [-0.4, -0.2) is 51.7 Å². The molecule has 0 spiro atoms. The maximum atomic E-state index is 13.9. The van der Waals surface area contributed by atoms with Gasteiger partial charge in [0.25, 0.3) is 5.24 Å². The number of fused-ring (bicyclic) bond motifs is 2. The van der Waals surface area contributed by atoms with Crippen molar-refractivity contribution in [1.82, 2.24) is 4.90 Å². The van der Waals surface area contributed by atoms with Gasteiger partial charge in [0.1, 0.15) is 6.10 Å². The number of thioether (sulfide) groups is 1. The zero-order valence-electron chi connectivity index (χ0n) is 17.0. The number of nitrogens with one attached hydrogen (secondary N) is 1. The molecule has 1 amide bonds. The van der Waals surface area contributed by atoms with Crippen molar-refractivity contribution in [2.75, 3.05) is 25.0 Å². The molecule has 4 atom stereocenters. The minimum Gasteiger partial charge on any atom is -0.487 e. The Labute approximate surface area is 184 Å². The van der Waals surface area contributed by atoms with Crippen molar-refractivity contribution < 1.29 is 24.1 Å². The van der Waals surface area contributed by atoms with Crippen molar-refractivity contribution in [2.24, 2.45) is 5.92 Å². The predicted molar refractivity (Wildman–Crippen MR) is 117 cm³/mol. The first-order valence-electron chi connectivity index (χ1n) is 10.5. The van der Waals surface area contributed by atoms with Gasteiger partial charge in [-0.2, -0.15) is 0 Å². The summed E-state index contributed by atoms with van der Waals surface area (Å²) in [4.78, 5) is 13.6. The van der Waals surface area contributed by atoms with Crippen LogP contribution in [0.1, 0.15) is 30.1 Å². The lowest BCUT2D eigenvalue weighted by Gasteiger charge is -2.25. The van der Waals surface area contributed by atoms with Crippen LogP contribution < -0.4 is 10.1 Å². The molecule has 3 aliphatic rings. The summed E-state index contributed by atoms with van der Waals surface area (Å²) < 4.78 is 19.7. The largest absolute Gasteiger partial charge is 0.487 e. The fraction of sp³-hybridized carbons (Fsp3) is 0.435. The second kappa shape index (κ2) is 8.09. The van der Waals surface area contributed by atoms with E-state index in [1.54, 1.807) is 18.2 Å². The summed E-state index contributed by atoms with van der Waals surface area (Å²) in [5, 5.41) is 24.7. The Hall–Kier alpha value is -2.13. The third-order valence-electron chi connectivity index (χ3n) is 6.54. The van der Waals surface area contributed by atoms with Crippen molar-refractivity contribution in [3.8, 4) is 5.75 Å². The highest BCUT2D eigenvalue weighted by molar-refractivity contribution is 8.13. The lowest BCUT2D eigenvalue weighted by atomic mass is 9.95. The number of likely N-dealkylation sites (tertiary alicyclic amines) is 1. The molecule has 1 saturated heterocycles. The van der Waals surface area contributed by atoms with Gasteiger partial charge in [-0.3, -0.25) is 9.69 Å². The Morgan fingerprint density at radius 1 is 1.32 bits per heavy atom. The fourth-order valence-corrected chi connectivity index (χ4v) is 5.74. The van der Waals surface area contributed by atoms with Crippen molar-refractivity contribution >= 4 is 22.7 Å². The second-order valence-electron chi connectivity index (χ2n) is 8.74. The highest BCUT2D eigenvalue weighted by Crippen LogP contribution is 2.43. The molecule has 3 N–H and O–H groups in total. The summed E-state index contributed by atoms with van der Waals surface area (Å²) >= 11 is 1.22. The number of β-amino-alcohol motifs (C(OH)–C–C–N with tert-alkyl or cyclic N) is 2. The smallest absolute Gasteiger partial charge is 0.283 e. The van der Waals surface area contributed by atoms with Crippen molar-refractivity contribution in [2.45, 2.75) is 36.4 Å². The van der Waals surface area contributed by atoms with E-state index in [0.717, 1.165) is 16.8 Å². The maximum absolute atomic E-state index is 13.9. The average Bonchev–Trinajstić information content (AvgIpc) is 3.19. The van der Waals surface area contributed by atoms with Crippen molar-refractivity contribution in [3.05, 3.63) is 59.4 Å². The molecular weight excluding hydrogens is 419 g/mol. The summed E-state index contributed by atoms with van der Waals surface area (Å²) in [5.74, 6) is 0.465. The molecule has 2 aliphatic heterocycles. The van der Waals surface area contributed by atoms with E-state index in [-0.39, 0.29) is 28.8 Å². The van der Waals surface area contributed by atoms with Gasteiger partial charge in [-0.05, 0) is 35.7 Å². The molecule has 2 aromatic rings. The Kier molecular flexibility index (Phi) is 5.42. The van der Waals surface area contributed by atoms with E-state index in [4.69, 9.17) is 4.74 Å². The van der Waals surface area contributed by atoms with Crippen LogP contribution in [0.25, 0.3) is 0 Å². The zero-order valence-corrected chi connectivity index (χ0v) is 17.8. The molecule has 2 heterocycles. The molecule has 2 fully saturated rings. The van der Waals surface area contributed by atoms with Crippen molar-refractivity contribution in [3.63, 3.8) is 0 Å². The summed E-state index contributed by atoms with van der Waals surface area (Å²) in [6, 6.07) is 12.0. The molecule has 164 valence electrons. The van der Waals surface area contributed by atoms with Gasteiger partial charge in [-0.25, -0.2) is 4.39 Å². The highest BCUT2D eigenvalue weighted by Gasteiger charge is 2.52. The van der Waals surface area contributed by atoms with Gasteiger partial charge < -0.3 is 20.3 Å². The number of aliphatic hydroxyl groups is 2. The van der Waals surface area contributed by atoms with Gasteiger partial charge in [0.2, 0.25) is 0 Å². The first-order chi connectivity index (χ1) is 14.9. The third-order valence-corrected chi connectivity index (χ3v) is 7.36. The molecule has 0 aromatic heterocycles. The van der Waals surface area contributed by atoms with Gasteiger partial charge in [0.15, 0.2) is 11.6 Å². The molecule has 1 aliphatic carbocycles. The second-order valence-corrected chi connectivity index (χ2v) is 9.69. The van der Waals surface area contributed by atoms with Gasteiger partial charge in [0, 0.05) is 43.4 Å². The minimum absolute atomic E-state index is 0.0339. The highest BCUT2D eigenvalue weighted by atomic mass is 32.2. The summed E-state index contributed by atoms with van der Waals surface area (Å²) in [7, 11) is 0. The Bertz CT molecular complexity index is 1010. The van der Waals surface area contributed by atoms with Crippen LogP contribution in [0, 0.1) is 11.7 Å². The molecular formula is C23H25FN2O4S. The number of carbonyl (C=O) groups is 1. The Morgan fingerprint density at radius 3 is 2.97 bits per heavy atom. The number of rotatable bonds is 5. The van der Waals surface area contributed by atoms with Crippen molar-refractivity contribution in [1.29, 1.82) is 0 Å². The number of hydrogen-bond donors (Lipinski definition) is 3. The molecule has 1 saturated carbocycles. The van der Waals surface area contributed by atoms with Gasteiger partial charge in [0.05, 0.1) is 11.7 Å². The molecule has 0 unspecified atom stereocenters. The first-order valence-corrected chi connectivity index (χ1v) is 11.5. The first kappa shape index (κ1) is 20.8. The number of nitrogens with zero attached hydrogens (tertiary/aromatic N) is 1. The molecule has 31 heavy (non-hydrogen) atoms. The summed E-state index contributed by atoms with van der Waals surface area (Å²) in [6.07, 6.45) is 0.217. The van der Waals surface area contributed by atoms with Crippen LogP contribution >= 0.6 is 11.8 Å². The zero-order chi connectivity index (χ0) is 21.6. The number of hydrogen-bond acceptors (Lipinski definition) is 6. The van der Waals surface area contributed by atoms with Gasteiger partial charge >= 0.3 is 0 Å². The normalized spacial score (nSPS) is 28.7. The number of anilines is 1. The van der Waals surface area contributed by atoms with E-state index in [9.17, 15) is 19.4 Å². The molecule has 0 bridgehead atoms. The molecule has 2 aromatic carbocycles. The van der Waals surface area contributed by atoms with Crippen LogP contribution in [0.15, 0.2) is 42.5 Å². The number of ether oxygens (including phenoxy) is 1. The van der Waals surface area contributed by atoms with Gasteiger partial charge in [-0.1, -0.05) is 36.0 Å². The third kappa shape index (κ3) is 4.17. The average molecular weight is 445 g/mol. The summed E-state index contributed by atoms with van der Waals surface area (Å²) in [5.41, 5.74) is 1.73. The monoisotopic (exact) mass is 444 g/mol. The minimum atomic E-state index is -0.883. The van der Waals surface area contributed by atoms with Crippen LogP contribution in [0.3, 0.4) is 0 Å². The number of amides is 1. The fourth-order valence-electron chi connectivity index (χ4n) is 5.03. The SMILES string of the molecule is O=C1Nc2ccc([C@H](O)CN3C[C@H]4C[C@H](Oc5ccccc5F)C[C@@]4(O)C3)cc2CS1. The lowest BCUT2D eigenvalue weighted by molar-refractivity contribution is 0.0175. The van der Waals surface area contributed by atoms with E-state index in [1.165, 1.54) is 17.8 Å². The van der Waals surface area contributed by atoms with Gasteiger partial charge in [-0.15, -0.1) is 0 Å². The summed E-state index contributed by atoms with van der Waals surface area (Å²) in [6.45, 7) is 1.56. The Balaban J connectivity index is 1.19. The number of halogens is 1. The predicted octanol–water partition coefficient (Wildman–Crippen LogP) is 3.54. The van der Waals surface area contributed by atoms with E-state index < -0.39 is 11.7 Å². The molecule has 8 heteroatoms. The molecule has 5 rings (SSSR count). The standard InChI is InChI=1S/C23H25FN2O4S/c24-18-3-1-2-4-21(18)30-17-8-16-10-26(13-23(16,29)9-17)11-20(27)14-5-6-19-15(7-14)12-31-22(28)25-19/h1-7,16-17,20,27,29H,8-13H2,(H,25,28)/t16-,17+,20-,23-/m1/s1. The Morgan fingerprint density at radius 2 is 2.16 bits per heavy atom. The number of carbonyl (C=O) groups excluding carboxylic acids is 1. The number of benzene rings is 2. The van der Waals surface area contributed by atoms with E-state index in [2.05, 4.69) is 10.2 Å². The number of para-hydroxylation sites is 1. The van der Waals surface area contributed by atoms with Crippen LogP contribution in [0.4, 0.5) is 14.9 Å². The van der Waals surface area contributed by atoms with Crippen LogP contribution in [0.5, 0.6) is 5.75 Å². The van der Waals surface area contributed by atoms with Crippen LogP contribution in [0.2, 0.25) is 0 Å². The van der Waals surface area contributed by atoms with E-state index in [1.807, 2.05) is 18.2 Å². The lowest BCUT2D eigenvalue weighted by Crippen LogP contribution is -2.36.